The highest BCUT2D eigenvalue weighted by atomic mass is 16.4. The minimum absolute atomic E-state index is 0.260. The van der Waals surface area contributed by atoms with Gasteiger partial charge in [0.15, 0.2) is 0 Å². The first-order valence-corrected chi connectivity index (χ1v) is 4.89. The van der Waals surface area contributed by atoms with E-state index in [9.17, 15) is 9.59 Å². The van der Waals surface area contributed by atoms with Crippen molar-refractivity contribution in [1.82, 2.24) is 5.32 Å². The van der Waals surface area contributed by atoms with Crippen molar-refractivity contribution < 1.29 is 14.7 Å². The predicted octanol–water partition coefficient (Wildman–Crippen LogP) is 0.261. The summed E-state index contributed by atoms with van der Waals surface area (Å²) in [6.45, 7) is 5.45. The van der Waals surface area contributed by atoms with Crippen molar-refractivity contribution in [2.24, 2.45) is 5.73 Å². The van der Waals surface area contributed by atoms with E-state index in [1.165, 1.54) is 6.08 Å². The molecule has 0 bridgehead atoms. The molecule has 0 aromatic heterocycles. The van der Waals surface area contributed by atoms with E-state index in [2.05, 4.69) is 11.9 Å². The number of nitrogens with one attached hydrogen (secondary N) is 1. The molecule has 1 amide bonds. The Morgan fingerprint density at radius 1 is 1.60 bits per heavy atom. The molecule has 0 saturated carbocycles. The zero-order valence-electron chi connectivity index (χ0n) is 8.95. The van der Waals surface area contributed by atoms with Gasteiger partial charge in [-0.1, -0.05) is 13.5 Å². The van der Waals surface area contributed by atoms with E-state index in [0.717, 1.165) is 0 Å². The molecular weight excluding hydrogens is 196 g/mol. The number of carboxylic acid groups (broad SMARTS) is 1. The number of hydrogen-bond donors (Lipinski definition) is 3. The summed E-state index contributed by atoms with van der Waals surface area (Å²) in [5.74, 6) is -1.26. The number of carbonyl (C=O) groups is 2. The SMILES string of the molecule is C=CC(=O)NCCCC(N)(CC)C(=O)O. The molecule has 0 rings (SSSR count). The van der Waals surface area contributed by atoms with Gasteiger partial charge in [0, 0.05) is 6.54 Å². The minimum Gasteiger partial charge on any atom is -0.480 e. The lowest BCUT2D eigenvalue weighted by Crippen LogP contribution is -2.47. The first kappa shape index (κ1) is 13.6. The van der Waals surface area contributed by atoms with Crippen LogP contribution in [0.4, 0.5) is 0 Å². The molecule has 1 unspecified atom stereocenters. The third-order valence-corrected chi connectivity index (χ3v) is 2.34. The van der Waals surface area contributed by atoms with Gasteiger partial charge in [-0.25, -0.2) is 0 Å². The summed E-state index contributed by atoms with van der Waals surface area (Å²) >= 11 is 0. The van der Waals surface area contributed by atoms with Gasteiger partial charge in [-0.2, -0.15) is 0 Å². The summed E-state index contributed by atoms with van der Waals surface area (Å²) in [5.41, 5.74) is 4.48. The molecule has 1 atom stereocenters. The van der Waals surface area contributed by atoms with Crippen LogP contribution in [-0.4, -0.2) is 29.1 Å². The lowest BCUT2D eigenvalue weighted by atomic mass is 9.92. The molecule has 5 heteroatoms. The van der Waals surface area contributed by atoms with Gasteiger partial charge in [0.05, 0.1) is 0 Å². The third kappa shape index (κ3) is 4.60. The van der Waals surface area contributed by atoms with Gasteiger partial charge in [-0.3, -0.25) is 9.59 Å². The van der Waals surface area contributed by atoms with E-state index in [1.807, 2.05) is 0 Å². The number of carboxylic acids is 1. The highest BCUT2D eigenvalue weighted by molar-refractivity contribution is 5.86. The van der Waals surface area contributed by atoms with Crippen molar-refractivity contribution in [3.05, 3.63) is 12.7 Å². The molecule has 86 valence electrons. The Hall–Kier alpha value is -1.36. The first-order chi connectivity index (χ1) is 6.96. The fraction of sp³-hybridized carbons (Fsp3) is 0.600. The van der Waals surface area contributed by atoms with Gasteiger partial charge in [-0.05, 0) is 25.3 Å². The predicted molar refractivity (Wildman–Crippen MR) is 57.3 cm³/mol. The Balaban J connectivity index is 3.88. The Kier molecular flexibility index (Phi) is 5.62. The van der Waals surface area contributed by atoms with Crippen molar-refractivity contribution in [2.75, 3.05) is 6.54 Å². The van der Waals surface area contributed by atoms with Crippen LogP contribution in [-0.2, 0) is 9.59 Å². The van der Waals surface area contributed by atoms with Crippen molar-refractivity contribution in [3.8, 4) is 0 Å². The number of aliphatic carboxylic acids is 1. The third-order valence-electron chi connectivity index (χ3n) is 2.34. The quantitative estimate of drug-likeness (QED) is 0.418. The summed E-state index contributed by atoms with van der Waals surface area (Å²) in [6.07, 6.45) is 2.43. The van der Waals surface area contributed by atoms with Crippen LogP contribution in [0.25, 0.3) is 0 Å². The summed E-state index contributed by atoms with van der Waals surface area (Å²) in [4.78, 5) is 21.6. The Labute approximate surface area is 89.3 Å². The maximum Gasteiger partial charge on any atom is 0.323 e. The second kappa shape index (κ2) is 6.19. The number of carbonyl (C=O) groups excluding carboxylic acids is 1. The largest absolute Gasteiger partial charge is 0.480 e. The summed E-state index contributed by atoms with van der Waals surface area (Å²) in [7, 11) is 0. The molecule has 0 radical (unpaired) electrons. The maximum absolute atomic E-state index is 10.8. The number of nitrogens with two attached hydrogens (primary N) is 1. The van der Waals surface area contributed by atoms with Gasteiger partial charge in [0.2, 0.25) is 5.91 Å². The topological polar surface area (TPSA) is 92.4 Å². The van der Waals surface area contributed by atoms with Gasteiger partial charge in [-0.15, -0.1) is 0 Å². The van der Waals surface area contributed by atoms with Crippen molar-refractivity contribution in [1.29, 1.82) is 0 Å². The normalized spacial score (nSPS) is 14.0. The molecule has 15 heavy (non-hydrogen) atoms. The number of rotatable bonds is 7. The van der Waals surface area contributed by atoms with Gasteiger partial charge < -0.3 is 16.2 Å². The average Bonchev–Trinajstić information content (AvgIpc) is 2.23. The van der Waals surface area contributed by atoms with Crippen LogP contribution in [0.1, 0.15) is 26.2 Å². The Morgan fingerprint density at radius 3 is 2.60 bits per heavy atom. The van der Waals surface area contributed by atoms with Crippen LogP contribution in [0.3, 0.4) is 0 Å². The molecule has 0 fully saturated rings. The molecule has 0 aliphatic heterocycles. The van der Waals surface area contributed by atoms with Gasteiger partial charge >= 0.3 is 5.97 Å². The van der Waals surface area contributed by atoms with Crippen molar-refractivity contribution in [3.63, 3.8) is 0 Å². The monoisotopic (exact) mass is 214 g/mol. The first-order valence-electron chi connectivity index (χ1n) is 4.89. The zero-order chi connectivity index (χ0) is 11.9. The minimum atomic E-state index is -1.18. The fourth-order valence-electron chi connectivity index (χ4n) is 1.12. The molecule has 0 aromatic rings. The maximum atomic E-state index is 10.8. The highest BCUT2D eigenvalue weighted by Crippen LogP contribution is 2.13. The van der Waals surface area contributed by atoms with Crippen LogP contribution >= 0.6 is 0 Å². The summed E-state index contributed by atoms with van der Waals surface area (Å²) in [6, 6.07) is 0. The smallest absolute Gasteiger partial charge is 0.323 e. The van der Waals surface area contributed by atoms with Crippen LogP contribution in [0.2, 0.25) is 0 Å². The zero-order valence-corrected chi connectivity index (χ0v) is 8.95. The summed E-state index contributed by atoms with van der Waals surface area (Å²) in [5, 5.41) is 11.4. The van der Waals surface area contributed by atoms with E-state index in [4.69, 9.17) is 10.8 Å². The highest BCUT2D eigenvalue weighted by Gasteiger charge is 2.30. The molecular formula is C10H18N2O3. The molecule has 0 saturated heterocycles. The van der Waals surface area contributed by atoms with Gasteiger partial charge in [0.1, 0.15) is 5.54 Å². The molecule has 0 aromatic carbocycles. The molecule has 0 heterocycles. The van der Waals surface area contributed by atoms with Crippen molar-refractivity contribution >= 4 is 11.9 Å². The van der Waals surface area contributed by atoms with Crippen LogP contribution in [0, 0.1) is 0 Å². The van der Waals surface area contributed by atoms with Crippen LogP contribution in [0.15, 0.2) is 12.7 Å². The Bertz CT molecular complexity index is 253. The second-order valence-electron chi connectivity index (χ2n) is 3.41. The van der Waals surface area contributed by atoms with Gasteiger partial charge in [0.25, 0.3) is 0 Å². The van der Waals surface area contributed by atoms with E-state index < -0.39 is 11.5 Å². The fourth-order valence-corrected chi connectivity index (χ4v) is 1.12. The molecule has 0 aliphatic carbocycles. The van der Waals surface area contributed by atoms with E-state index in [0.29, 0.717) is 25.8 Å². The standard InChI is InChI=1S/C10H18N2O3/c1-3-8(13)12-7-5-6-10(11,4-2)9(14)15/h3H,1,4-7,11H2,2H3,(H,12,13)(H,14,15). The Morgan fingerprint density at radius 2 is 2.20 bits per heavy atom. The second-order valence-corrected chi connectivity index (χ2v) is 3.41. The summed E-state index contributed by atoms with van der Waals surface area (Å²) < 4.78 is 0. The van der Waals surface area contributed by atoms with E-state index in [-0.39, 0.29) is 5.91 Å². The van der Waals surface area contributed by atoms with E-state index in [1.54, 1.807) is 6.92 Å². The average molecular weight is 214 g/mol. The van der Waals surface area contributed by atoms with Crippen LogP contribution < -0.4 is 11.1 Å². The number of hydrogen-bond acceptors (Lipinski definition) is 3. The lowest BCUT2D eigenvalue weighted by molar-refractivity contribution is -0.143. The number of amides is 1. The molecule has 4 N–H and O–H groups in total. The van der Waals surface area contributed by atoms with Crippen molar-refractivity contribution in [2.45, 2.75) is 31.7 Å². The molecule has 0 aliphatic rings. The van der Waals surface area contributed by atoms with Crippen LogP contribution in [0.5, 0.6) is 0 Å². The van der Waals surface area contributed by atoms with E-state index >= 15 is 0 Å². The molecule has 0 spiro atoms. The lowest BCUT2D eigenvalue weighted by Gasteiger charge is -2.22. The molecule has 5 nitrogen and oxygen atoms in total.